The fourth-order valence-corrected chi connectivity index (χ4v) is 4.70. The zero-order chi connectivity index (χ0) is 23.0. The number of rotatable bonds is 5. The van der Waals surface area contributed by atoms with E-state index in [-0.39, 0.29) is 23.4 Å². The number of methoxy groups -OCH3 is 1. The van der Waals surface area contributed by atoms with Gasteiger partial charge in [0.2, 0.25) is 0 Å². The van der Waals surface area contributed by atoms with Crippen LogP contribution in [0.3, 0.4) is 0 Å². The molecule has 0 spiro atoms. The molecule has 170 valence electrons. The van der Waals surface area contributed by atoms with Gasteiger partial charge in [-0.25, -0.2) is 4.39 Å². The average Bonchev–Trinajstić information content (AvgIpc) is 3.10. The molecule has 7 heteroatoms. The molecule has 2 N–H and O–H groups in total. The second-order valence-corrected chi connectivity index (χ2v) is 9.20. The molecule has 1 heterocycles. The largest absolute Gasteiger partial charge is 0.496 e. The lowest BCUT2D eigenvalue weighted by Gasteiger charge is -2.36. The van der Waals surface area contributed by atoms with Gasteiger partial charge in [-0.2, -0.15) is 5.10 Å². The van der Waals surface area contributed by atoms with Crippen LogP contribution in [0.25, 0.3) is 22.2 Å². The minimum absolute atomic E-state index is 0.00622. The molecular formula is C25H30FN3O3. The van der Waals surface area contributed by atoms with Crippen LogP contribution in [0.1, 0.15) is 49.9 Å². The summed E-state index contributed by atoms with van der Waals surface area (Å²) >= 11 is 0. The van der Waals surface area contributed by atoms with Crippen molar-refractivity contribution in [1.82, 2.24) is 15.1 Å². The van der Waals surface area contributed by atoms with E-state index < -0.39 is 11.4 Å². The van der Waals surface area contributed by atoms with Crippen molar-refractivity contribution in [3.63, 3.8) is 0 Å². The number of fused-ring (bicyclic) bond motifs is 1. The first-order chi connectivity index (χ1) is 15.2. The van der Waals surface area contributed by atoms with Crippen molar-refractivity contribution in [2.75, 3.05) is 7.11 Å². The highest BCUT2D eigenvalue weighted by atomic mass is 19.1. The summed E-state index contributed by atoms with van der Waals surface area (Å²) in [6, 6.07) is 10.4. The third-order valence-corrected chi connectivity index (χ3v) is 6.61. The quantitative estimate of drug-likeness (QED) is 0.616. The van der Waals surface area contributed by atoms with Gasteiger partial charge in [-0.05, 0) is 63.6 Å². The van der Waals surface area contributed by atoms with Crippen LogP contribution in [0.5, 0.6) is 5.75 Å². The molecule has 6 nitrogen and oxygen atoms in total. The number of aliphatic hydroxyl groups is 1. The summed E-state index contributed by atoms with van der Waals surface area (Å²) in [5, 5.41) is 18.6. The Morgan fingerprint density at radius 1 is 1.22 bits per heavy atom. The molecule has 1 aliphatic rings. The van der Waals surface area contributed by atoms with Gasteiger partial charge in [0.15, 0.2) is 0 Å². The Bertz CT molecular complexity index is 1140. The minimum atomic E-state index is -0.715. The Morgan fingerprint density at radius 2 is 1.91 bits per heavy atom. The Morgan fingerprint density at radius 3 is 2.56 bits per heavy atom. The number of amides is 1. The monoisotopic (exact) mass is 439 g/mol. The first kappa shape index (κ1) is 22.3. The third kappa shape index (κ3) is 4.21. The topological polar surface area (TPSA) is 76.4 Å². The smallest absolute Gasteiger partial charge is 0.255 e. The van der Waals surface area contributed by atoms with Gasteiger partial charge < -0.3 is 15.2 Å². The maximum absolute atomic E-state index is 15.2. The van der Waals surface area contributed by atoms with Crippen LogP contribution in [0.4, 0.5) is 4.39 Å². The van der Waals surface area contributed by atoms with Crippen molar-refractivity contribution >= 4 is 16.8 Å². The van der Waals surface area contributed by atoms with E-state index in [2.05, 4.69) is 10.4 Å². The summed E-state index contributed by atoms with van der Waals surface area (Å²) in [5.74, 6) is -0.357. The molecule has 1 amide bonds. The third-order valence-electron chi connectivity index (χ3n) is 6.61. The van der Waals surface area contributed by atoms with Crippen molar-refractivity contribution in [3.8, 4) is 17.0 Å². The predicted molar refractivity (Wildman–Crippen MR) is 122 cm³/mol. The van der Waals surface area contributed by atoms with Crippen molar-refractivity contribution < 1.29 is 19.0 Å². The normalized spacial score (nSPS) is 19.2. The maximum atomic E-state index is 15.2. The SMILES string of the molecule is COc1cc(-c2nn(C)c3ccccc23)c(F)cc1C(=O)NC1CCC(C(C)(C)O)CC1. The van der Waals surface area contributed by atoms with Gasteiger partial charge in [-0.1, -0.05) is 18.2 Å². The lowest BCUT2D eigenvalue weighted by Crippen LogP contribution is -2.41. The Kier molecular flexibility index (Phi) is 5.95. The molecule has 0 aliphatic heterocycles. The summed E-state index contributed by atoms with van der Waals surface area (Å²) in [6.07, 6.45) is 3.24. The minimum Gasteiger partial charge on any atom is -0.496 e. The molecular weight excluding hydrogens is 409 g/mol. The first-order valence-electron chi connectivity index (χ1n) is 11.0. The van der Waals surface area contributed by atoms with E-state index in [4.69, 9.17) is 4.74 Å². The van der Waals surface area contributed by atoms with Crippen LogP contribution >= 0.6 is 0 Å². The molecule has 0 unspecified atom stereocenters. The standard InChI is InChI=1S/C25H30FN3O3/c1-25(2,31)15-9-11-16(12-10-15)27-24(30)19-13-20(26)18(14-22(19)32-4)23-17-7-5-6-8-21(17)29(3)28-23/h5-8,13-16,31H,9-12H2,1-4H3,(H,27,30). The first-order valence-corrected chi connectivity index (χ1v) is 11.0. The van der Waals surface area contributed by atoms with E-state index in [1.54, 1.807) is 10.7 Å². The number of nitrogens with one attached hydrogen (secondary N) is 1. The number of hydrogen-bond acceptors (Lipinski definition) is 4. The van der Waals surface area contributed by atoms with E-state index in [9.17, 15) is 9.90 Å². The molecule has 1 fully saturated rings. The van der Waals surface area contributed by atoms with Crippen molar-refractivity contribution in [2.45, 2.75) is 51.2 Å². The van der Waals surface area contributed by atoms with Crippen LogP contribution in [0, 0.1) is 11.7 Å². The molecule has 32 heavy (non-hydrogen) atoms. The van der Waals surface area contributed by atoms with Crippen LogP contribution in [0.2, 0.25) is 0 Å². The zero-order valence-corrected chi connectivity index (χ0v) is 19.0. The van der Waals surface area contributed by atoms with Crippen molar-refractivity contribution in [2.24, 2.45) is 13.0 Å². The zero-order valence-electron chi connectivity index (χ0n) is 19.0. The summed E-state index contributed by atoms with van der Waals surface area (Å²) in [7, 11) is 3.29. The number of carbonyl (C=O) groups is 1. The van der Waals surface area contributed by atoms with E-state index in [1.807, 2.05) is 45.2 Å². The Balaban J connectivity index is 1.58. The van der Waals surface area contributed by atoms with Crippen molar-refractivity contribution in [3.05, 3.63) is 47.8 Å². The number of para-hydroxylation sites is 1. The number of benzene rings is 2. The molecule has 0 atom stereocenters. The molecule has 0 radical (unpaired) electrons. The summed E-state index contributed by atoms with van der Waals surface area (Å²) in [6.45, 7) is 3.66. The van der Waals surface area contributed by atoms with Crippen LogP contribution < -0.4 is 10.1 Å². The number of aryl methyl sites for hydroxylation is 1. The molecule has 4 rings (SSSR count). The van der Waals surface area contributed by atoms with E-state index in [1.165, 1.54) is 13.2 Å². The highest BCUT2D eigenvalue weighted by molar-refractivity contribution is 5.99. The molecule has 1 saturated carbocycles. The summed E-state index contributed by atoms with van der Waals surface area (Å²) in [5.41, 5.74) is 1.15. The van der Waals surface area contributed by atoms with Gasteiger partial charge in [0, 0.05) is 24.0 Å². The molecule has 3 aromatic rings. The lowest BCUT2D eigenvalue weighted by atomic mass is 9.77. The average molecular weight is 440 g/mol. The van der Waals surface area contributed by atoms with Gasteiger partial charge in [0.05, 0.1) is 23.8 Å². The molecule has 1 aromatic heterocycles. The van der Waals surface area contributed by atoms with Gasteiger partial charge >= 0.3 is 0 Å². The van der Waals surface area contributed by atoms with Crippen LogP contribution in [0.15, 0.2) is 36.4 Å². The number of hydrogen-bond donors (Lipinski definition) is 2. The Hall–Kier alpha value is -2.93. The van der Waals surface area contributed by atoms with Crippen LogP contribution in [-0.4, -0.2) is 39.5 Å². The highest BCUT2D eigenvalue weighted by Gasteiger charge is 2.32. The maximum Gasteiger partial charge on any atom is 0.255 e. The van der Waals surface area contributed by atoms with Gasteiger partial charge in [-0.15, -0.1) is 0 Å². The number of carbonyl (C=O) groups excluding carboxylic acids is 1. The molecule has 0 saturated heterocycles. The molecule has 0 bridgehead atoms. The summed E-state index contributed by atoms with van der Waals surface area (Å²) < 4.78 is 22.4. The number of halogens is 1. The Labute approximate surface area is 187 Å². The van der Waals surface area contributed by atoms with Gasteiger partial charge in [-0.3, -0.25) is 9.48 Å². The molecule has 2 aromatic carbocycles. The second kappa shape index (κ2) is 8.54. The number of aromatic nitrogens is 2. The summed E-state index contributed by atoms with van der Waals surface area (Å²) in [4.78, 5) is 13.0. The van der Waals surface area contributed by atoms with E-state index in [0.717, 1.165) is 36.6 Å². The van der Waals surface area contributed by atoms with Crippen molar-refractivity contribution in [1.29, 1.82) is 0 Å². The van der Waals surface area contributed by atoms with Gasteiger partial charge in [0.25, 0.3) is 5.91 Å². The molecule has 1 aliphatic carbocycles. The second-order valence-electron chi connectivity index (χ2n) is 9.20. The number of nitrogens with zero attached hydrogens (tertiary/aromatic N) is 2. The van der Waals surface area contributed by atoms with E-state index >= 15 is 4.39 Å². The lowest BCUT2D eigenvalue weighted by molar-refractivity contribution is -0.00257. The van der Waals surface area contributed by atoms with E-state index in [0.29, 0.717) is 17.0 Å². The highest BCUT2D eigenvalue weighted by Crippen LogP contribution is 2.35. The fourth-order valence-electron chi connectivity index (χ4n) is 4.70. The van der Waals surface area contributed by atoms with Gasteiger partial charge in [0.1, 0.15) is 17.3 Å². The fraction of sp³-hybridized carbons (Fsp3) is 0.440. The number of ether oxygens (including phenoxy) is 1. The predicted octanol–water partition coefficient (Wildman–Crippen LogP) is 4.45. The van der Waals surface area contributed by atoms with Crippen LogP contribution in [-0.2, 0) is 7.05 Å².